The molecule has 1 fully saturated rings. The molecule has 1 aliphatic rings. The number of ether oxygens (including phenoxy) is 3. The molecule has 0 spiro atoms. The summed E-state index contributed by atoms with van der Waals surface area (Å²) < 4.78 is 16.6. The quantitative estimate of drug-likeness (QED) is 0.644. The molecule has 0 N–H and O–H groups in total. The highest BCUT2D eigenvalue weighted by atomic mass is 16.6. The van der Waals surface area contributed by atoms with E-state index in [9.17, 15) is 9.59 Å². The van der Waals surface area contributed by atoms with Gasteiger partial charge in [-0.3, -0.25) is 4.79 Å². The van der Waals surface area contributed by atoms with Crippen molar-refractivity contribution >= 4 is 12.0 Å². The first-order chi connectivity index (χ1) is 15.1. The summed E-state index contributed by atoms with van der Waals surface area (Å²) in [6, 6.07) is 15.4. The lowest BCUT2D eigenvalue weighted by molar-refractivity contribution is 0.0570. The molecule has 1 aliphatic heterocycles. The summed E-state index contributed by atoms with van der Waals surface area (Å²) in [6.45, 7) is 7.32. The summed E-state index contributed by atoms with van der Waals surface area (Å²) in [5, 5.41) is 0. The van der Waals surface area contributed by atoms with Crippen LogP contribution in [0.1, 0.15) is 35.3 Å². The molecule has 166 valence electrons. The lowest BCUT2D eigenvalue weighted by Crippen LogP contribution is -2.50. The highest BCUT2D eigenvalue weighted by Gasteiger charge is 2.26. The topological polar surface area (TPSA) is 68.3 Å². The van der Waals surface area contributed by atoms with Gasteiger partial charge in [-0.15, -0.1) is 0 Å². The first-order valence-electron chi connectivity index (χ1n) is 10.7. The van der Waals surface area contributed by atoms with Gasteiger partial charge in [0, 0.05) is 37.3 Å². The van der Waals surface area contributed by atoms with Crippen LogP contribution in [0.5, 0.6) is 5.75 Å². The van der Waals surface area contributed by atoms with Crippen molar-refractivity contribution in [2.45, 2.75) is 27.1 Å². The molecule has 0 unspecified atom stereocenters. The molecular formula is C24H30N2O5. The fourth-order valence-electron chi connectivity index (χ4n) is 3.46. The smallest absolute Gasteiger partial charge is 0.409 e. The number of carbonyl (C=O) groups is 2. The van der Waals surface area contributed by atoms with Gasteiger partial charge < -0.3 is 24.0 Å². The number of carbonyl (C=O) groups excluding carboxylic acids is 2. The lowest BCUT2D eigenvalue weighted by Gasteiger charge is -2.34. The molecule has 2 aromatic carbocycles. The van der Waals surface area contributed by atoms with Crippen molar-refractivity contribution in [2.24, 2.45) is 0 Å². The van der Waals surface area contributed by atoms with Crippen LogP contribution in [0, 0.1) is 0 Å². The van der Waals surface area contributed by atoms with Crippen LogP contribution in [0.15, 0.2) is 48.5 Å². The molecule has 0 saturated carbocycles. The predicted octanol–water partition coefficient (Wildman–Crippen LogP) is 3.72. The Morgan fingerprint density at radius 1 is 0.871 bits per heavy atom. The second kappa shape index (κ2) is 11.4. The summed E-state index contributed by atoms with van der Waals surface area (Å²) in [5.41, 5.74) is 2.52. The van der Waals surface area contributed by atoms with Crippen LogP contribution < -0.4 is 4.74 Å². The molecule has 0 bridgehead atoms. The minimum absolute atomic E-state index is 0.0594. The summed E-state index contributed by atoms with van der Waals surface area (Å²) >= 11 is 0. The Morgan fingerprint density at radius 3 is 2.26 bits per heavy atom. The van der Waals surface area contributed by atoms with Crippen LogP contribution in [0.25, 0.3) is 0 Å². The monoisotopic (exact) mass is 426 g/mol. The second-order valence-corrected chi connectivity index (χ2v) is 7.21. The van der Waals surface area contributed by atoms with Gasteiger partial charge in [-0.25, -0.2) is 4.79 Å². The van der Waals surface area contributed by atoms with Crippen molar-refractivity contribution in [1.82, 2.24) is 9.80 Å². The number of hydrogen-bond donors (Lipinski definition) is 0. The fraction of sp³-hybridized carbons (Fsp3) is 0.417. The van der Waals surface area contributed by atoms with Crippen molar-refractivity contribution < 1.29 is 23.8 Å². The van der Waals surface area contributed by atoms with Gasteiger partial charge in [0.2, 0.25) is 0 Å². The molecule has 0 atom stereocenters. The molecular weight excluding hydrogens is 396 g/mol. The Hall–Kier alpha value is -3.06. The maximum Gasteiger partial charge on any atom is 0.409 e. The zero-order valence-electron chi connectivity index (χ0n) is 18.2. The number of hydrogen-bond acceptors (Lipinski definition) is 5. The SMILES string of the molecule is CCOC(=O)N1CCN(C(=O)c2ccc(OCC)c(COCc3ccccc3)c2)CC1. The zero-order valence-corrected chi connectivity index (χ0v) is 18.2. The van der Waals surface area contributed by atoms with Gasteiger partial charge in [0.25, 0.3) is 5.91 Å². The van der Waals surface area contributed by atoms with E-state index in [4.69, 9.17) is 14.2 Å². The van der Waals surface area contributed by atoms with Crippen molar-refractivity contribution in [3.05, 3.63) is 65.2 Å². The van der Waals surface area contributed by atoms with Crippen LogP contribution in [-0.2, 0) is 22.7 Å². The summed E-state index contributed by atoms with van der Waals surface area (Å²) in [4.78, 5) is 28.3. The fourth-order valence-corrected chi connectivity index (χ4v) is 3.46. The molecule has 2 amide bonds. The number of nitrogens with zero attached hydrogens (tertiary/aromatic N) is 2. The third-order valence-corrected chi connectivity index (χ3v) is 5.07. The number of piperazine rings is 1. The van der Waals surface area contributed by atoms with Crippen LogP contribution in [-0.4, -0.2) is 61.2 Å². The normalized spacial score (nSPS) is 13.7. The Bertz CT molecular complexity index is 864. The number of rotatable bonds is 8. The average molecular weight is 427 g/mol. The highest BCUT2D eigenvalue weighted by molar-refractivity contribution is 5.94. The standard InChI is InChI=1S/C24H30N2O5/c1-3-30-22-11-10-20(16-21(22)18-29-17-19-8-6-5-7-9-19)23(27)25-12-14-26(15-13-25)24(28)31-4-2/h5-11,16H,3-4,12-15,17-18H2,1-2H3. The summed E-state index contributed by atoms with van der Waals surface area (Å²) in [6.07, 6.45) is -0.325. The minimum Gasteiger partial charge on any atom is -0.494 e. The van der Waals surface area contributed by atoms with Gasteiger partial charge in [-0.2, -0.15) is 0 Å². The van der Waals surface area contributed by atoms with E-state index in [-0.39, 0.29) is 12.0 Å². The van der Waals surface area contributed by atoms with Gasteiger partial charge >= 0.3 is 6.09 Å². The molecule has 2 aromatic rings. The largest absolute Gasteiger partial charge is 0.494 e. The first kappa shape index (κ1) is 22.6. The van der Waals surface area contributed by atoms with Gasteiger partial charge in [-0.1, -0.05) is 30.3 Å². The molecule has 7 nitrogen and oxygen atoms in total. The Labute approximate surface area is 183 Å². The maximum atomic E-state index is 13.0. The van der Waals surface area contributed by atoms with E-state index in [1.165, 1.54) is 0 Å². The van der Waals surface area contributed by atoms with E-state index >= 15 is 0 Å². The van der Waals surface area contributed by atoms with Gasteiger partial charge in [0.1, 0.15) is 5.75 Å². The molecule has 0 aliphatic carbocycles. The van der Waals surface area contributed by atoms with Gasteiger partial charge in [0.15, 0.2) is 0 Å². The van der Waals surface area contributed by atoms with E-state index in [0.29, 0.717) is 58.2 Å². The Kier molecular flexibility index (Phi) is 8.29. The van der Waals surface area contributed by atoms with Crippen LogP contribution >= 0.6 is 0 Å². The van der Waals surface area contributed by atoms with Crippen molar-refractivity contribution in [2.75, 3.05) is 39.4 Å². The van der Waals surface area contributed by atoms with Crippen molar-refractivity contribution in [3.8, 4) is 5.75 Å². The lowest BCUT2D eigenvalue weighted by atomic mass is 10.1. The van der Waals surface area contributed by atoms with Crippen LogP contribution in [0.3, 0.4) is 0 Å². The summed E-state index contributed by atoms with van der Waals surface area (Å²) in [5.74, 6) is 0.662. The van der Waals surface area contributed by atoms with Crippen LogP contribution in [0.4, 0.5) is 4.79 Å². The third kappa shape index (κ3) is 6.21. The van der Waals surface area contributed by atoms with E-state index in [2.05, 4.69) is 0 Å². The second-order valence-electron chi connectivity index (χ2n) is 7.21. The zero-order chi connectivity index (χ0) is 22.1. The summed E-state index contributed by atoms with van der Waals surface area (Å²) in [7, 11) is 0. The molecule has 0 radical (unpaired) electrons. The Balaban J connectivity index is 1.63. The molecule has 1 heterocycles. The van der Waals surface area contributed by atoms with E-state index < -0.39 is 0 Å². The highest BCUT2D eigenvalue weighted by Crippen LogP contribution is 2.23. The van der Waals surface area contributed by atoms with Crippen molar-refractivity contribution in [3.63, 3.8) is 0 Å². The van der Waals surface area contributed by atoms with E-state index in [1.807, 2.05) is 49.4 Å². The predicted molar refractivity (Wildman–Crippen MR) is 117 cm³/mol. The van der Waals surface area contributed by atoms with E-state index in [1.54, 1.807) is 22.8 Å². The maximum absolute atomic E-state index is 13.0. The molecule has 0 aromatic heterocycles. The average Bonchev–Trinajstić information content (AvgIpc) is 2.81. The molecule has 7 heteroatoms. The van der Waals surface area contributed by atoms with Crippen LogP contribution in [0.2, 0.25) is 0 Å². The third-order valence-electron chi connectivity index (χ3n) is 5.07. The Morgan fingerprint density at radius 2 is 1.58 bits per heavy atom. The van der Waals surface area contributed by atoms with Crippen molar-refractivity contribution in [1.29, 1.82) is 0 Å². The number of amides is 2. The molecule has 3 rings (SSSR count). The molecule has 31 heavy (non-hydrogen) atoms. The van der Waals surface area contributed by atoms with E-state index in [0.717, 1.165) is 16.9 Å². The number of benzene rings is 2. The first-order valence-corrected chi connectivity index (χ1v) is 10.7. The van der Waals surface area contributed by atoms with Gasteiger partial charge in [0.05, 0.1) is 26.4 Å². The minimum atomic E-state index is -0.325. The van der Waals surface area contributed by atoms with Gasteiger partial charge in [-0.05, 0) is 37.6 Å². The molecule has 1 saturated heterocycles.